The highest BCUT2D eigenvalue weighted by Gasteiger charge is 2.31. The Morgan fingerprint density at radius 1 is 0.962 bits per heavy atom. The molecule has 5 N–H and O–H groups in total. The van der Waals surface area contributed by atoms with Crippen LogP contribution in [0, 0.1) is 0 Å². The van der Waals surface area contributed by atoms with Gasteiger partial charge < -0.3 is 26.0 Å². The quantitative estimate of drug-likeness (QED) is 0.558. The molecule has 0 unspecified atom stereocenters. The van der Waals surface area contributed by atoms with Crippen molar-refractivity contribution in [2.45, 2.75) is 18.8 Å². The number of anilines is 1. The molecule has 0 heterocycles. The second-order valence-electron chi connectivity index (χ2n) is 5.45. The van der Waals surface area contributed by atoms with Crippen molar-refractivity contribution in [3.63, 3.8) is 0 Å². The van der Waals surface area contributed by atoms with E-state index < -0.39 is 24.1 Å². The van der Waals surface area contributed by atoms with Gasteiger partial charge in [0.2, 0.25) is 0 Å². The number of nitrogens with one attached hydrogen (secondary N) is 1. The summed E-state index contributed by atoms with van der Waals surface area (Å²) in [5, 5.41) is 20.6. The molecule has 8 nitrogen and oxygen atoms in total. The van der Waals surface area contributed by atoms with Gasteiger partial charge in [-0.05, 0) is 29.8 Å². The van der Waals surface area contributed by atoms with Crippen molar-refractivity contribution in [1.29, 1.82) is 0 Å². The Labute approximate surface area is 149 Å². The van der Waals surface area contributed by atoms with Crippen LogP contribution >= 0.6 is 0 Å². The van der Waals surface area contributed by atoms with Gasteiger partial charge in [0.25, 0.3) is 5.91 Å². The Balaban J connectivity index is 1.97. The summed E-state index contributed by atoms with van der Waals surface area (Å²) in [5.74, 6) is -3.22. The van der Waals surface area contributed by atoms with Crippen LogP contribution in [-0.4, -0.2) is 40.2 Å². The molecule has 0 aliphatic rings. The molecule has 0 aromatic heterocycles. The Morgan fingerprint density at radius 2 is 1.58 bits per heavy atom. The number of benzene rings is 2. The van der Waals surface area contributed by atoms with Gasteiger partial charge in [-0.15, -0.1) is 0 Å². The Hall–Kier alpha value is -3.23. The zero-order chi connectivity index (χ0) is 19.1. The number of para-hydroxylation sites is 1. The minimum Gasteiger partial charge on any atom is -0.480 e. The van der Waals surface area contributed by atoms with Gasteiger partial charge in [-0.3, -0.25) is 9.59 Å². The number of hydrogen-bond acceptors (Lipinski definition) is 5. The molecular formula is C18H18N2O6. The third-order valence-electron chi connectivity index (χ3n) is 3.53. The van der Waals surface area contributed by atoms with Gasteiger partial charge in [0.05, 0.1) is 6.61 Å². The molecule has 0 saturated heterocycles. The Kier molecular flexibility index (Phi) is 6.42. The molecule has 0 aliphatic carbocycles. The van der Waals surface area contributed by atoms with Gasteiger partial charge in [0.15, 0.2) is 6.10 Å². The number of carbonyl (C=O) groups excluding carboxylic acids is 1. The van der Waals surface area contributed by atoms with Crippen molar-refractivity contribution < 1.29 is 29.3 Å². The minimum atomic E-state index is -1.68. The maximum Gasteiger partial charge on any atom is 0.335 e. The van der Waals surface area contributed by atoms with Gasteiger partial charge in [-0.2, -0.15) is 0 Å². The van der Waals surface area contributed by atoms with E-state index in [0.29, 0.717) is 16.8 Å². The average Bonchev–Trinajstić information content (AvgIpc) is 2.62. The summed E-state index contributed by atoms with van der Waals surface area (Å²) < 4.78 is 5.10. The first-order valence-corrected chi connectivity index (χ1v) is 7.66. The molecule has 0 fully saturated rings. The van der Waals surface area contributed by atoms with Crippen LogP contribution in [0.5, 0.6) is 0 Å². The monoisotopic (exact) mass is 358 g/mol. The number of carboxylic acid groups (broad SMARTS) is 2. The smallest absolute Gasteiger partial charge is 0.335 e. The fourth-order valence-corrected chi connectivity index (χ4v) is 2.12. The summed E-state index contributed by atoms with van der Waals surface area (Å²) in [7, 11) is 0. The topological polar surface area (TPSA) is 139 Å². The summed E-state index contributed by atoms with van der Waals surface area (Å²) in [6, 6.07) is 13.6. The molecule has 0 radical (unpaired) electrons. The van der Waals surface area contributed by atoms with Crippen LogP contribution in [0.4, 0.5) is 5.69 Å². The SMILES string of the molecule is N[C@H](C(=O)O)[C@H](OCc1ccc(C(=O)Nc2ccccc2)cc1)C(=O)O. The Bertz CT molecular complexity index is 776. The number of nitrogens with two attached hydrogens (primary N) is 1. The number of rotatable bonds is 8. The predicted molar refractivity (Wildman–Crippen MR) is 92.7 cm³/mol. The number of aliphatic carboxylic acids is 2. The largest absolute Gasteiger partial charge is 0.480 e. The van der Waals surface area contributed by atoms with Crippen LogP contribution in [0.15, 0.2) is 54.6 Å². The molecule has 1 amide bonds. The number of amides is 1. The lowest BCUT2D eigenvalue weighted by atomic mass is 10.1. The lowest BCUT2D eigenvalue weighted by molar-refractivity contribution is -0.159. The van der Waals surface area contributed by atoms with E-state index in [1.807, 2.05) is 6.07 Å². The van der Waals surface area contributed by atoms with Crippen LogP contribution in [0.3, 0.4) is 0 Å². The van der Waals surface area contributed by atoms with Crippen molar-refractivity contribution in [2.75, 3.05) is 5.32 Å². The molecule has 0 bridgehead atoms. The first-order valence-electron chi connectivity index (χ1n) is 7.66. The highest BCUT2D eigenvalue weighted by Crippen LogP contribution is 2.12. The summed E-state index contributed by atoms with van der Waals surface area (Å²) in [4.78, 5) is 34.0. The molecular weight excluding hydrogens is 340 g/mol. The van der Waals surface area contributed by atoms with Crippen molar-refractivity contribution in [1.82, 2.24) is 0 Å². The van der Waals surface area contributed by atoms with Gasteiger partial charge >= 0.3 is 11.9 Å². The van der Waals surface area contributed by atoms with Crippen molar-refractivity contribution in [3.8, 4) is 0 Å². The standard InChI is InChI=1S/C18H18N2O6/c19-14(17(22)23)15(18(24)25)26-10-11-6-8-12(9-7-11)16(21)20-13-4-2-1-3-5-13/h1-9,14-15H,10,19H2,(H,20,21)(H,22,23)(H,24,25)/t14-,15-/m0/s1. The highest BCUT2D eigenvalue weighted by atomic mass is 16.5. The van der Waals surface area contributed by atoms with E-state index in [1.165, 1.54) is 0 Å². The fraction of sp³-hybridized carbons (Fsp3) is 0.167. The van der Waals surface area contributed by atoms with Crippen LogP contribution in [0.2, 0.25) is 0 Å². The minimum absolute atomic E-state index is 0.154. The summed E-state index contributed by atoms with van der Waals surface area (Å²) in [6.45, 7) is -0.154. The molecule has 0 spiro atoms. The van der Waals surface area contributed by atoms with Crippen molar-refractivity contribution in [3.05, 3.63) is 65.7 Å². The van der Waals surface area contributed by atoms with Crippen LogP contribution in [-0.2, 0) is 20.9 Å². The van der Waals surface area contributed by atoms with E-state index in [1.54, 1.807) is 48.5 Å². The second kappa shape index (κ2) is 8.75. The third kappa shape index (κ3) is 5.13. The number of hydrogen-bond donors (Lipinski definition) is 4. The van der Waals surface area contributed by atoms with Crippen molar-refractivity contribution in [2.24, 2.45) is 5.73 Å². The zero-order valence-corrected chi connectivity index (χ0v) is 13.7. The van der Waals surface area contributed by atoms with Gasteiger partial charge in [-0.1, -0.05) is 30.3 Å². The zero-order valence-electron chi connectivity index (χ0n) is 13.7. The first kappa shape index (κ1) is 19.1. The van der Waals surface area contributed by atoms with E-state index in [9.17, 15) is 14.4 Å². The molecule has 0 aliphatic heterocycles. The van der Waals surface area contributed by atoms with Crippen LogP contribution in [0.25, 0.3) is 0 Å². The normalized spacial score (nSPS) is 12.8. The molecule has 2 aromatic rings. The molecule has 2 atom stereocenters. The van der Waals surface area contributed by atoms with Gasteiger partial charge in [-0.25, -0.2) is 4.79 Å². The van der Waals surface area contributed by atoms with Crippen LogP contribution in [0.1, 0.15) is 15.9 Å². The molecule has 2 aromatic carbocycles. The Morgan fingerprint density at radius 3 is 2.12 bits per heavy atom. The summed E-state index contributed by atoms with van der Waals surface area (Å²) in [5.41, 5.74) is 6.95. The maximum absolute atomic E-state index is 12.1. The van der Waals surface area contributed by atoms with Gasteiger partial charge in [0, 0.05) is 11.3 Å². The van der Waals surface area contributed by atoms with E-state index in [2.05, 4.69) is 5.32 Å². The van der Waals surface area contributed by atoms with E-state index in [0.717, 1.165) is 0 Å². The number of carboxylic acids is 2. The number of ether oxygens (including phenoxy) is 1. The molecule has 8 heteroatoms. The van der Waals surface area contributed by atoms with E-state index in [4.69, 9.17) is 20.7 Å². The van der Waals surface area contributed by atoms with Gasteiger partial charge in [0.1, 0.15) is 6.04 Å². The fourth-order valence-electron chi connectivity index (χ4n) is 2.12. The highest BCUT2D eigenvalue weighted by molar-refractivity contribution is 6.04. The van der Waals surface area contributed by atoms with Crippen molar-refractivity contribution >= 4 is 23.5 Å². The lowest BCUT2D eigenvalue weighted by Gasteiger charge is -2.17. The second-order valence-corrected chi connectivity index (χ2v) is 5.45. The molecule has 2 rings (SSSR count). The molecule has 26 heavy (non-hydrogen) atoms. The van der Waals surface area contributed by atoms with E-state index in [-0.39, 0.29) is 12.5 Å². The molecule has 136 valence electrons. The first-order chi connectivity index (χ1) is 12.4. The maximum atomic E-state index is 12.1. The number of carbonyl (C=O) groups is 3. The van der Waals surface area contributed by atoms with E-state index >= 15 is 0 Å². The summed E-state index contributed by atoms with van der Waals surface area (Å²) in [6.07, 6.45) is -1.67. The van der Waals surface area contributed by atoms with Crippen LogP contribution < -0.4 is 11.1 Å². The lowest BCUT2D eigenvalue weighted by Crippen LogP contribution is -2.47. The predicted octanol–water partition coefficient (Wildman–Crippen LogP) is 1.32. The average molecular weight is 358 g/mol. The third-order valence-corrected chi connectivity index (χ3v) is 3.53. The summed E-state index contributed by atoms with van der Waals surface area (Å²) >= 11 is 0. The molecule has 0 saturated carbocycles.